The van der Waals surface area contributed by atoms with Gasteiger partial charge in [-0.05, 0) is 24.7 Å². The average molecular weight is 240 g/mol. The van der Waals surface area contributed by atoms with Crippen molar-refractivity contribution in [2.24, 2.45) is 0 Å². The second-order valence-corrected chi connectivity index (χ2v) is 4.93. The lowest BCUT2D eigenvalue weighted by atomic mass is 10.2. The fourth-order valence-corrected chi connectivity index (χ4v) is 1.68. The highest BCUT2D eigenvalue weighted by Crippen LogP contribution is 2.22. The number of halogens is 1. The van der Waals surface area contributed by atoms with E-state index in [4.69, 9.17) is 27.6 Å². The van der Waals surface area contributed by atoms with Crippen molar-refractivity contribution in [1.29, 1.82) is 0 Å². The smallest absolute Gasteiger partial charge is 0.409 e. The van der Waals surface area contributed by atoms with E-state index in [0.29, 0.717) is 16.3 Å². The summed E-state index contributed by atoms with van der Waals surface area (Å²) >= 11 is 5.74. The van der Waals surface area contributed by atoms with Crippen LogP contribution in [0.4, 0.5) is 4.79 Å². The van der Waals surface area contributed by atoms with Gasteiger partial charge in [-0.15, -0.1) is 6.42 Å². The summed E-state index contributed by atoms with van der Waals surface area (Å²) in [5.41, 5.74) is -0.481. The molecule has 0 saturated carbocycles. The number of carbonyl (C=O) groups is 1. The largest absolute Gasteiger partial charge is 0.530 e. The summed E-state index contributed by atoms with van der Waals surface area (Å²) in [5, 5.41) is 9.20. The first-order chi connectivity index (χ1) is 7.04. The van der Waals surface area contributed by atoms with E-state index in [9.17, 15) is 4.79 Å². The fourth-order valence-electron chi connectivity index (χ4n) is 0.913. The van der Waals surface area contributed by atoms with Crippen LogP contribution in [0.5, 0.6) is 5.75 Å². The van der Waals surface area contributed by atoms with Crippen molar-refractivity contribution < 1.29 is 14.3 Å². The molecule has 1 aromatic rings. The van der Waals surface area contributed by atoms with Gasteiger partial charge < -0.3 is 9.53 Å². The van der Waals surface area contributed by atoms with Gasteiger partial charge in [-0.25, -0.2) is 0 Å². The standard InChI is InChI=1S/C10H8ClO3Si/c1-3-7-6-8(11)4-5-9(7)14-15(2)10(12)13/h1,4-6H,2H3,(H,12,13). The maximum absolute atomic E-state index is 10.6. The third-order valence-electron chi connectivity index (χ3n) is 1.66. The predicted octanol–water partition coefficient (Wildman–Crippen LogP) is 2.58. The molecule has 0 spiro atoms. The third-order valence-corrected chi connectivity index (χ3v) is 3.02. The molecule has 3 nitrogen and oxygen atoms in total. The number of terminal acetylenes is 1. The van der Waals surface area contributed by atoms with E-state index in [1.54, 1.807) is 18.2 Å². The fraction of sp³-hybridized carbons (Fsp3) is 0.100. The minimum atomic E-state index is -1.93. The Bertz CT molecular complexity index is 425. The Labute approximate surface area is 94.4 Å². The maximum Gasteiger partial charge on any atom is 0.409 e. The number of rotatable bonds is 3. The van der Waals surface area contributed by atoms with Gasteiger partial charge in [0.15, 0.2) is 0 Å². The molecule has 15 heavy (non-hydrogen) atoms. The minimum absolute atomic E-state index is 0.390. The number of benzene rings is 1. The molecule has 0 amide bonds. The van der Waals surface area contributed by atoms with Gasteiger partial charge in [0.1, 0.15) is 5.75 Å². The van der Waals surface area contributed by atoms with E-state index in [0.717, 1.165) is 0 Å². The Morgan fingerprint density at radius 2 is 2.33 bits per heavy atom. The minimum Gasteiger partial charge on any atom is -0.530 e. The van der Waals surface area contributed by atoms with E-state index < -0.39 is 14.6 Å². The van der Waals surface area contributed by atoms with Crippen molar-refractivity contribution in [2.45, 2.75) is 6.55 Å². The molecule has 1 radical (unpaired) electrons. The van der Waals surface area contributed by atoms with E-state index in [1.165, 1.54) is 6.55 Å². The summed E-state index contributed by atoms with van der Waals surface area (Å²) in [6.45, 7) is 1.53. The number of hydrogen-bond donors (Lipinski definition) is 1. The molecule has 0 fully saturated rings. The summed E-state index contributed by atoms with van der Waals surface area (Å²) in [4.78, 5) is 10.6. The van der Waals surface area contributed by atoms with Crippen LogP contribution in [0.2, 0.25) is 11.6 Å². The van der Waals surface area contributed by atoms with Crippen molar-refractivity contribution in [3.05, 3.63) is 28.8 Å². The van der Waals surface area contributed by atoms with Crippen LogP contribution in [-0.4, -0.2) is 19.7 Å². The highest BCUT2D eigenvalue weighted by atomic mass is 35.5. The van der Waals surface area contributed by atoms with Crippen LogP contribution < -0.4 is 4.43 Å². The van der Waals surface area contributed by atoms with Gasteiger partial charge in [0, 0.05) is 5.02 Å². The first-order valence-electron chi connectivity index (χ1n) is 4.05. The van der Waals surface area contributed by atoms with E-state index >= 15 is 0 Å². The zero-order valence-electron chi connectivity index (χ0n) is 7.95. The van der Waals surface area contributed by atoms with Gasteiger partial charge >= 0.3 is 14.6 Å². The highest BCUT2D eigenvalue weighted by molar-refractivity contribution is 6.82. The van der Waals surface area contributed by atoms with Gasteiger partial charge in [0.05, 0.1) is 5.56 Å². The molecule has 0 aliphatic heterocycles. The van der Waals surface area contributed by atoms with Gasteiger partial charge in [-0.3, -0.25) is 4.79 Å². The van der Waals surface area contributed by atoms with Gasteiger partial charge in [-0.2, -0.15) is 0 Å². The average Bonchev–Trinajstić information content (AvgIpc) is 2.20. The Hall–Kier alpha value is -1.44. The van der Waals surface area contributed by atoms with Crippen LogP contribution in [0.3, 0.4) is 0 Å². The van der Waals surface area contributed by atoms with Crippen molar-refractivity contribution in [3.63, 3.8) is 0 Å². The molecule has 5 heteroatoms. The lowest BCUT2D eigenvalue weighted by Crippen LogP contribution is -2.27. The van der Waals surface area contributed by atoms with E-state index in [1.807, 2.05) is 0 Å². The van der Waals surface area contributed by atoms with Crippen molar-refractivity contribution >= 4 is 26.2 Å². The molecule has 77 valence electrons. The molecule has 1 N–H and O–H groups in total. The second kappa shape index (κ2) is 4.87. The van der Waals surface area contributed by atoms with Crippen molar-refractivity contribution in [1.82, 2.24) is 0 Å². The summed E-state index contributed by atoms with van der Waals surface area (Å²) in [7, 11) is -1.93. The Balaban J connectivity index is 2.96. The molecule has 1 rings (SSSR count). The molecule has 0 aliphatic rings. The van der Waals surface area contributed by atoms with Crippen LogP contribution in [-0.2, 0) is 0 Å². The van der Waals surface area contributed by atoms with Crippen LogP contribution >= 0.6 is 11.6 Å². The monoisotopic (exact) mass is 239 g/mol. The first-order valence-corrected chi connectivity index (χ1v) is 6.34. The van der Waals surface area contributed by atoms with Gasteiger partial charge in [0.25, 0.3) is 0 Å². The Morgan fingerprint density at radius 1 is 1.67 bits per heavy atom. The zero-order valence-corrected chi connectivity index (χ0v) is 9.71. The molecule has 0 bridgehead atoms. The third kappa shape index (κ3) is 3.01. The second-order valence-electron chi connectivity index (χ2n) is 2.75. The van der Waals surface area contributed by atoms with E-state index in [-0.39, 0.29) is 0 Å². The van der Waals surface area contributed by atoms with Gasteiger partial charge in [-0.1, -0.05) is 17.5 Å². The molecular formula is C10H8ClO3Si. The maximum atomic E-state index is 10.6. The predicted molar refractivity (Wildman–Crippen MR) is 59.7 cm³/mol. The lowest BCUT2D eigenvalue weighted by Gasteiger charge is -2.10. The molecule has 0 heterocycles. The Morgan fingerprint density at radius 3 is 2.87 bits per heavy atom. The molecule has 0 unspecified atom stereocenters. The molecular weight excluding hydrogens is 232 g/mol. The van der Waals surface area contributed by atoms with Crippen molar-refractivity contribution in [3.8, 4) is 18.1 Å². The normalized spacial score (nSPS) is 9.73. The first kappa shape index (κ1) is 11.6. The van der Waals surface area contributed by atoms with Crippen LogP contribution in [0.15, 0.2) is 18.2 Å². The van der Waals surface area contributed by atoms with E-state index in [2.05, 4.69) is 5.92 Å². The summed E-state index contributed by atoms with van der Waals surface area (Å²) in [6.07, 6.45) is 5.25. The molecule has 1 aromatic carbocycles. The summed E-state index contributed by atoms with van der Waals surface area (Å²) < 4.78 is 5.25. The molecule has 0 saturated heterocycles. The number of hydrogen-bond acceptors (Lipinski definition) is 2. The molecule has 0 aromatic heterocycles. The highest BCUT2D eigenvalue weighted by Gasteiger charge is 2.19. The van der Waals surface area contributed by atoms with Crippen LogP contribution in [0, 0.1) is 12.3 Å². The summed E-state index contributed by atoms with van der Waals surface area (Å²) in [5.74, 6) is 2.78. The topological polar surface area (TPSA) is 46.5 Å². The summed E-state index contributed by atoms with van der Waals surface area (Å²) in [6, 6.07) is 4.75. The number of carboxylic acid groups (broad SMARTS) is 1. The van der Waals surface area contributed by atoms with Crippen LogP contribution in [0.25, 0.3) is 0 Å². The van der Waals surface area contributed by atoms with Gasteiger partial charge in [0.2, 0.25) is 0 Å². The SMILES string of the molecule is C#Cc1cc(Cl)ccc1O[Si](C)C(=O)O. The quantitative estimate of drug-likeness (QED) is 0.652. The lowest BCUT2D eigenvalue weighted by molar-refractivity contribution is 0.216. The zero-order chi connectivity index (χ0) is 11.4. The molecule has 0 aliphatic carbocycles. The van der Waals surface area contributed by atoms with Crippen molar-refractivity contribution in [2.75, 3.05) is 0 Å². The molecule has 0 atom stereocenters. The van der Waals surface area contributed by atoms with Crippen LogP contribution in [0.1, 0.15) is 5.56 Å². The Kier molecular flexibility index (Phi) is 3.78.